The van der Waals surface area contributed by atoms with E-state index in [2.05, 4.69) is 5.32 Å². The molecule has 1 aromatic carbocycles. The van der Waals surface area contributed by atoms with Crippen LogP contribution in [-0.2, 0) is 6.54 Å². The number of hydrogen-bond acceptors (Lipinski definition) is 3. The van der Waals surface area contributed by atoms with Gasteiger partial charge in [0.2, 0.25) is 0 Å². The van der Waals surface area contributed by atoms with Crippen LogP contribution in [0.3, 0.4) is 0 Å². The molecule has 110 valence electrons. The molecule has 1 aromatic rings. The van der Waals surface area contributed by atoms with Crippen molar-refractivity contribution in [3.63, 3.8) is 0 Å². The van der Waals surface area contributed by atoms with Crippen molar-refractivity contribution in [2.75, 3.05) is 6.54 Å². The third-order valence-electron chi connectivity index (χ3n) is 4.02. The first kappa shape index (κ1) is 15.0. The van der Waals surface area contributed by atoms with Crippen LogP contribution < -0.4 is 5.32 Å². The zero-order chi connectivity index (χ0) is 14.4. The molecule has 1 saturated carbocycles. The van der Waals surface area contributed by atoms with E-state index < -0.39 is 11.6 Å². The summed E-state index contributed by atoms with van der Waals surface area (Å²) in [5, 5.41) is 22.6. The van der Waals surface area contributed by atoms with E-state index in [1.807, 2.05) is 12.1 Å². The summed E-state index contributed by atoms with van der Waals surface area (Å²) in [6, 6.07) is 6.85. The van der Waals surface area contributed by atoms with Gasteiger partial charge in [-0.3, -0.25) is 0 Å². The molecule has 0 spiro atoms. The minimum Gasteiger partial charge on any atom is -0.478 e. The summed E-state index contributed by atoms with van der Waals surface area (Å²) in [7, 11) is 0. The Kier molecular flexibility index (Phi) is 5.15. The minimum atomic E-state index is -0.905. The minimum absolute atomic E-state index is 0.302. The monoisotopic (exact) mass is 277 g/mol. The highest BCUT2D eigenvalue weighted by Gasteiger charge is 2.27. The number of rotatable bonds is 5. The van der Waals surface area contributed by atoms with Gasteiger partial charge in [0.25, 0.3) is 0 Å². The van der Waals surface area contributed by atoms with Crippen LogP contribution in [0.2, 0.25) is 0 Å². The van der Waals surface area contributed by atoms with Gasteiger partial charge in [-0.15, -0.1) is 0 Å². The van der Waals surface area contributed by atoms with Crippen LogP contribution in [0.15, 0.2) is 24.3 Å². The summed E-state index contributed by atoms with van der Waals surface area (Å²) in [5.74, 6) is -0.905. The van der Waals surface area contributed by atoms with Crippen molar-refractivity contribution in [1.82, 2.24) is 5.32 Å². The van der Waals surface area contributed by atoms with Gasteiger partial charge in [-0.2, -0.15) is 0 Å². The van der Waals surface area contributed by atoms with Crippen molar-refractivity contribution in [3.05, 3.63) is 35.4 Å². The van der Waals surface area contributed by atoms with Gasteiger partial charge in [0.05, 0.1) is 11.2 Å². The summed E-state index contributed by atoms with van der Waals surface area (Å²) in [6.45, 7) is 1.26. The van der Waals surface area contributed by atoms with Crippen molar-refractivity contribution in [2.24, 2.45) is 0 Å². The molecule has 3 N–H and O–H groups in total. The first-order valence-corrected chi connectivity index (χ1v) is 7.34. The Labute approximate surface area is 119 Å². The lowest BCUT2D eigenvalue weighted by Crippen LogP contribution is -2.39. The summed E-state index contributed by atoms with van der Waals surface area (Å²) in [6.07, 6.45) is 6.39. The van der Waals surface area contributed by atoms with Crippen molar-refractivity contribution < 1.29 is 15.0 Å². The summed E-state index contributed by atoms with van der Waals surface area (Å²) < 4.78 is 0. The molecule has 0 radical (unpaired) electrons. The lowest BCUT2D eigenvalue weighted by molar-refractivity contribution is 0.0250. The van der Waals surface area contributed by atoms with Crippen molar-refractivity contribution >= 4 is 5.97 Å². The quantitative estimate of drug-likeness (QED) is 0.723. The molecule has 1 fully saturated rings. The van der Waals surface area contributed by atoms with E-state index in [1.165, 1.54) is 12.8 Å². The Hall–Kier alpha value is -1.39. The number of hydrogen-bond donors (Lipinski definition) is 3. The molecule has 0 amide bonds. The number of aliphatic hydroxyl groups is 1. The number of carbonyl (C=O) groups is 1. The number of carboxylic acid groups (broad SMARTS) is 1. The molecule has 1 aliphatic carbocycles. The lowest BCUT2D eigenvalue weighted by atomic mass is 9.94. The van der Waals surface area contributed by atoms with Crippen LogP contribution in [0.5, 0.6) is 0 Å². The molecule has 4 nitrogen and oxygen atoms in total. The molecule has 1 aliphatic rings. The number of carboxylic acids is 1. The molecule has 0 aromatic heterocycles. The van der Waals surface area contributed by atoms with Crippen molar-refractivity contribution in [1.29, 1.82) is 0 Å². The molecule has 0 aliphatic heterocycles. The van der Waals surface area contributed by atoms with E-state index in [-0.39, 0.29) is 0 Å². The van der Waals surface area contributed by atoms with Crippen molar-refractivity contribution in [2.45, 2.75) is 50.7 Å². The highest BCUT2D eigenvalue weighted by molar-refractivity contribution is 5.87. The molecule has 4 heteroatoms. The number of nitrogens with one attached hydrogen (secondary N) is 1. The van der Waals surface area contributed by atoms with E-state index in [4.69, 9.17) is 5.11 Å². The fourth-order valence-corrected chi connectivity index (χ4v) is 2.77. The third-order valence-corrected chi connectivity index (χ3v) is 4.02. The van der Waals surface area contributed by atoms with Crippen LogP contribution in [0.4, 0.5) is 0 Å². The third kappa shape index (κ3) is 4.32. The SMILES string of the molecule is O=C(O)c1ccc(CNCC2(O)CCCCCC2)cc1. The highest BCUT2D eigenvalue weighted by Crippen LogP contribution is 2.26. The average molecular weight is 277 g/mol. The van der Waals surface area contributed by atoms with E-state index in [9.17, 15) is 9.90 Å². The molecule has 2 rings (SSSR count). The summed E-state index contributed by atoms with van der Waals surface area (Å²) in [5.41, 5.74) is 0.765. The van der Waals surface area contributed by atoms with Gasteiger partial charge in [-0.05, 0) is 30.5 Å². The van der Waals surface area contributed by atoms with Gasteiger partial charge in [0.1, 0.15) is 0 Å². The van der Waals surface area contributed by atoms with Crippen LogP contribution in [-0.4, -0.2) is 28.3 Å². The smallest absolute Gasteiger partial charge is 0.335 e. The molecule has 0 unspecified atom stereocenters. The molecular formula is C16H23NO3. The van der Waals surface area contributed by atoms with Crippen LogP contribution in [0, 0.1) is 0 Å². The first-order valence-electron chi connectivity index (χ1n) is 7.34. The Morgan fingerprint density at radius 3 is 2.25 bits per heavy atom. The van der Waals surface area contributed by atoms with Gasteiger partial charge in [-0.1, -0.05) is 37.8 Å². The van der Waals surface area contributed by atoms with Gasteiger partial charge in [0.15, 0.2) is 0 Å². The largest absolute Gasteiger partial charge is 0.478 e. The van der Waals surface area contributed by atoms with Gasteiger partial charge >= 0.3 is 5.97 Å². The van der Waals surface area contributed by atoms with Gasteiger partial charge in [-0.25, -0.2) is 4.79 Å². The maximum Gasteiger partial charge on any atom is 0.335 e. The van der Waals surface area contributed by atoms with Crippen LogP contribution in [0.1, 0.15) is 54.4 Å². The highest BCUT2D eigenvalue weighted by atomic mass is 16.4. The van der Waals surface area contributed by atoms with E-state index in [0.29, 0.717) is 18.7 Å². The Morgan fingerprint density at radius 1 is 1.10 bits per heavy atom. The maximum atomic E-state index is 10.8. The lowest BCUT2D eigenvalue weighted by Gasteiger charge is -2.27. The number of benzene rings is 1. The maximum absolute atomic E-state index is 10.8. The molecule has 20 heavy (non-hydrogen) atoms. The molecule has 0 bridgehead atoms. The zero-order valence-corrected chi connectivity index (χ0v) is 11.8. The van der Waals surface area contributed by atoms with E-state index in [0.717, 1.165) is 31.2 Å². The second-order valence-corrected chi connectivity index (χ2v) is 5.74. The average Bonchev–Trinajstić information content (AvgIpc) is 2.64. The zero-order valence-electron chi connectivity index (χ0n) is 11.8. The predicted molar refractivity (Wildman–Crippen MR) is 77.8 cm³/mol. The standard InChI is InChI=1S/C16H23NO3/c18-15(19)14-7-5-13(6-8-14)11-17-12-16(20)9-3-1-2-4-10-16/h5-8,17,20H,1-4,9-12H2,(H,18,19). The summed E-state index contributed by atoms with van der Waals surface area (Å²) in [4.78, 5) is 10.8. The van der Waals surface area contributed by atoms with Crippen LogP contribution >= 0.6 is 0 Å². The molecule has 0 atom stereocenters. The normalized spacial score (nSPS) is 18.4. The predicted octanol–water partition coefficient (Wildman–Crippen LogP) is 2.56. The van der Waals surface area contributed by atoms with Gasteiger partial charge in [0, 0.05) is 13.1 Å². The fraction of sp³-hybridized carbons (Fsp3) is 0.562. The number of aromatic carboxylic acids is 1. The topological polar surface area (TPSA) is 69.6 Å². The van der Waals surface area contributed by atoms with E-state index >= 15 is 0 Å². The molecular weight excluding hydrogens is 254 g/mol. The Balaban J connectivity index is 1.81. The molecule has 0 saturated heterocycles. The Bertz CT molecular complexity index is 434. The van der Waals surface area contributed by atoms with Crippen molar-refractivity contribution in [3.8, 4) is 0 Å². The Morgan fingerprint density at radius 2 is 1.70 bits per heavy atom. The fourth-order valence-electron chi connectivity index (χ4n) is 2.77. The molecule has 0 heterocycles. The first-order chi connectivity index (χ1) is 9.59. The van der Waals surface area contributed by atoms with Crippen LogP contribution in [0.25, 0.3) is 0 Å². The van der Waals surface area contributed by atoms with Gasteiger partial charge < -0.3 is 15.5 Å². The van der Waals surface area contributed by atoms with E-state index in [1.54, 1.807) is 12.1 Å². The summed E-state index contributed by atoms with van der Waals surface area (Å²) >= 11 is 0. The second kappa shape index (κ2) is 6.86. The second-order valence-electron chi connectivity index (χ2n) is 5.74.